The van der Waals surface area contributed by atoms with Gasteiger partial charge in [0.1, 0.15) is 0 Å². The van der Waals surface area contributed by atoms with Gasteiger partial charge in [0.2, 0.25) is 0 Å². The van der Waals surface area contributed by atoms with Crippen molar-refractivity contribution < 1.29 is 49.0 Å². The zero-order valence-electron chi connectivity index (χ0n) is 35.3. The number of aryl methyl sites for hydroxylation is 3. The maximum absolute atomic E-state index is 3.69. The molecule has 0 N–H and O–H groups in total. The van der Waals surface area contributed by atoms with Gasteiger partial charge in [-0.2, -0.15) is 41.0 Å². The molecule has 0 atom stereocenters. The summed E-state index contributed by atoms with van der Waals surface area (Å²) in [5.74, 6) is 4.14. The van der Waals surface area contributed by atoms with Crippen LogP contribution in [0.4, 0.5) is 0 Å². The Morgan fingerprint density at radius 1 is 0.727 bits per heavy atom. The smallest absolute Gasteiger partial charge is 0.0129 e. The van der Waals surface area contributed by atoms with Gasteiger partial charge in [0, 0.05) is 0 Å². The van der Waals surface area contributed by atoms with Crippen molar-refractivity contribution in [1.29, 1.82) is 0 Å². The van der Waals surface area contributed by atoms with Crippen LogP contribution >= 0.6 is 0 Å². The molecular weight excluding hydrogens is 787 g/mol. The van der Waals surface area contributed by atoms with E-state index < -0.39 is 0 Å². The van der Waals surface area contributed by atoms with E-state index in [1.807, 2.05) is 0 Å². The van der Waals surface area contributed by atoms with Crippen LogP contribution in [0.5, 0.6) is 0 Å². The molecule has 0 aliphatic heterocycles. The molecule has 0 nitrogen and oxygen atoms in total. The summed E-state index contributed by atoms with van der Waals surface area (Å²) in [6.45, 7) is 25.2. The van der Waals surface area contributed by atoms with Gasteiger partial charge in [0.15, 0.2) is 0 Å². The van der Waals surface area contributed by atoms with E-state index in [1.165, 1.54) is 120 Å². The summed E-state index contributed by atoms with van der Waals surface area (Å²) in [5.41, 5.74) is 16.6. The van der Waals surface area contributed by atoms with E-state index >= 15 is 0 Å². The Labute approximate surface area is 361 Å². The predicted octanol–water partition coefficient (Wildman–Crippen LogP) is 7.63. The number of fused-ring (bicyclic) bond motifs is 4. The zero-order chi connectivity index (χ0) is 38.0. The van der Waals surface area contributed by atoms with Crippen LogP contribution in [0.25, 0.3) is 21.9 Å². The monoisotopic (exact) mass is 846 g/mol. The first-order valence-corrected chi connectivity index (χ1v) is 21.6. The molecule has 5 aliphatic carbocycles. The average Bonchev–Trinajstić information content (AvgIpc) is 3.68. The van der Waals surface area contributed by atoms with Crippen LogP contribution in [0.3, 0.4) is 0 Å². The Morgan fingerprint density at radius 3 is 1.85 bits per heavy atom. The summed E-state index contributed by atoms with van der Waals surface area (Å²) in [5, 5.41) is 2.66. The molecule has 10 rings (SSSR count). The molecule has 0 radical (unpaired) electrons. The molecule has 0 amide bonds. The van der Waals surface area contributed by atoms with E-state index in [9.17, 15) is 0 Å². The van der Waals surface area contributed by atoms with Crippen LogP contribution in [-0.2, 0) is 46.9 Å². The van der Waals surface area contributed by atoms with Crippen molar-refractivity contribution in [2.75, 3.05) is 0 Å². The number of halogens is 2. The van der Waals surface area contributed by atoms with E-state index in [0.717, 1.165) is 30.1 Å². The number of rotatable bonds is 2. The Kier molecular flexibility index (Phi) is 13.3. The Hall–Kier alpha value is -2.18. The largest absolute Gasteiger partial charge is 1.00 e. The Balaban J connectivity index is 0.000000161. The topological polar surface area (TPSA) is 0 Å². The van der Waals surface area contributed by atoms with Gasteiger partial charge in [-0.1, -0.05) is 90.8 Å². The van der Waals surface area contributed by atoms with Crippen LogP contribution < -0.4 is 24.8 Å². The molecule has 55 heavy (non-hydrogen) atoms. The van der Waals surface area contributed by atoms with E-state index in [0.29, 0.717) is 5.41 Å². The quantitative estimate of drug-likeness (QED) is 0.158. The molecule has 0 spiro atoms. The van der Waals surface area contributed by atoms with Crippen LogP contribution in [0.15, 0.2) is 78.9 Å². The van der Waals surface area contributed by atoms with E-state index in [-0.39, 0.29) is 35.6 Å². The predicted molar refractivity (Wildman–Crippen MR) is 225 cm³/mol. The fourth-order valence-corrected chi connectivity index (χ4v) is 11.4. The summed E-state index contributed by atoms with van der Waals surface area (Å²) < 4.78 is 1.46. The van der Waals surface area contributed by atoms with Crippen molar-refractivity contribution in [3.8, 4) is 11.1 Å². The van der Waals surface area contributed by atoms with Crippen molar-refractivity contribution in [3.05, 3.63) is 135 Å². The van der Waals surface area contributed by atoms with Gasteiger partial charge in [-0.25, -0.2) is 6.07 Å². The standard InChI is InChI=1S/C23H29.C17H23.C12H10.2ClH.Zr/c1-14-9-16-11-17-10-15(2)21(23(6,7)8)13-19(17)18(16)12-20(14)22(3,4)5;1-11-3-4-14(5-11)17(2)15-7-12-6-13(9-15)10-16(17)8-12;1-2-10-7-8-11-5-3-4-6-12(11)9-10;;;/h9,12-13H,11H2,1-8H3;3-5,12-13,15-16H,6-10H2,1-2H3;3-9H,1H3;2*1H;/q2*-1;;;;+2/p-2. The maximum Gasteiger partial charge on any atom is -0.0129 e. The van der Waals surface area contributed by atoms with Crippen LogP contribution in [0, 0.1) is 50.5 Å². The first-order chi connectivity index (χ1) is 24.9. The third-order valence-electron chi connectivity index (χ3n) is 13.6. The van der Waals surface area contributed by atoms with Gasteiger partial charge in [-0.3, -0.25) is 0 Å². The fraction of sp³-hybridized carbons (Fsp3) is 0.462. The molecule has 0 aromatic heterocycles. The molecule has 5 aromatic rings. The Morgan fingerprint density at radius 2 is 1.31 bits per heavy atom. The second-order valence-electron chi connectivity index (χ2n) is 19.7. The summed E-state index contributed by atoms with van der Waals surface area (Å²) in [4.78, 5) is 0. The first kappa shape index (κ1) is 43.9. The molecule has 4 fully saturated rings. The Bertz CT molecular complexity index is 2070. The summed E-state index contributed by atoms with van der Waals surface area (Å²) in [6.07, 6.45) is 8.67. The third-order valence-corrected chi connectivity index (χ3v) is 14.3. The minimum atomic E-state index is 0. The number of benzene rings is 4. The molecule has 3 heteroatoms. The van der Waals surface area contributed by atoms with Crippen LogP contribution in [0.2, 0.25) is 0 Å². The summed E-state index contributed by atoms with van der Waals surface area (Å²) >= 11 is 1.50. The van der Waals surface area contributed by atoms with E-state index in [2.05, 4.69) is 161 Å². The SMILES string of the molecule is C[C](=[Zr+2])c1ccc2ccccc2c1.Cc1[c-]c2c(cc1C(C)(C)C)-c1cc(C(C)(C)C)c(C)cc1C2.Cc1cc(C2(C)C3CC4CC(C3)CC2C4)c[cH-]1.[Cl-].[Cl-]. The van der Waals surface area contributed by atoms with Gasteiger partial charge in [0.05, 0.1) is 0 Å². The number of hydrogen-bond donors (Lipinski definition) is 0. The minimum Gasteiger partial charge on any atom is -1.00 e. The second kappa shape index (κ2) is 16.6. The van der Waals surface area contributed by atoms with Crippen molar-refractivity contribution in [2.24, 2.45) is 23.7 Å². The third kappa shape index (κ3) is 8.81. The summed E-state index contributed by atoms with van der Waals surface area (Å²) in [6, 6.07) is 33.3. The van der Waals surface area contributed by atoms with Gasteiger partial charge in [0.25, 0.3) is 0 Å². The van der Waals surface area contributed by atoms with Crippen LogP contribution in [0.1, 0.15) is 138 Å². The molecule has 0 saturated heterocycles. The molecular formula is C52H62Cl2Zr-2. The maximum atomic E-state index is 3.69. The second-order valence-corrected chi connectivity index (χ2v) is 21.5. The molecule has 290 valence electrons. The van der Waals surface area contributed by atoms with Crippen molar-refractivity contribution in [1.82, 2.24) is 0 Å². The van der Waals surface area contributed by atoms with Crippen molar-refractivity contribution >= 4 is 14.0 Å². The fourth-order valence-electron chi connectivity index (χ4n) is 11.0. The summed E-state index contributed by atoms with van der Waals surface area (Å²) in [7, 11) is 0. The molecule has 5 aromatic carbocycles. The van der Waals surface area contributed by atoms with Gasteiger partial charge in [-0.05, 0) is 91.2 Å². The minimum absolute atomic E-state index is 0. The molecule has 4 bridgehead atoms. The van der Waals surface area contributed by atoms with E-state index in [1.54, 1.807) is 12.0 Å². The molecule has 0 unspecified atom stereocenters. The van der Waals surface area contributed by atoms with Crippen molar-refractivity contribution in [3.63, 3.8) is 0 Å². The number of hydrogen-bond acceptors (Lipinski definition) is 0. The van der Waals surface area contributed by atoms with Gasteiger partial charge in [-0.15, -0.1) is 16.7 Å². The molecule has 5 aliphatic rings. The molecule has 4 saturated carbocycles. The zero-order valence-corrected chi connectivity index (χ0v) is 39.3. The van der Waals surface area contributed by atoms with E-state index in [4.69, 9.17) is 0 Å². The van der Waals surface area contributed by atoms with Gasteiger partial charge < -0.3 is 24.8 Å². The normalized spacial score (nSPS) is 23.0. The average molecular weight is 849 g/mol. The van der Waals surface area contributed by atoms with Gasteiger partial charge >= 0.3 is 93.2 Å². The van der Waals surface area contributed by atoms with Crippen LogP contribution in [-0.4, -0.2) is 3.21 Å². The first-order valence-electron chi connectivity index (χ1n) is 20.4. The molecule has 0 heterocycles. The van der Waals surface area contributed by atoms with Crippen molar-refractivity contribution in [2.45, 2.75) is 131 Å².